The molecule has 176 valence electrons. The van der Waals surface area contributed by atoms with Crippen molar-refractivity contribution in [3.05, 3.63) is 54.1 Å². The van der Waals surface area contributed by atoms with Crippen LogP contribution in [-0.4, -0.2) is 38.2 Å². The van der Waals surface area contributed by atoms with Gasteiger partial charge in [-0.1, -0.05) is 48.9 Å². The number of nitrogens with zero attached hydrogens (tertiary/aromatic N) is 1. The summed E-state index contributed by atoms with van der Waals surface area (Å²) in [6, 6.07) is 14.0. The van der Waals surface area contributed by atoms with E-state index in [4.69, 9.17) is 5.14 Å². The molecule has 2 aliphatic rings. The number of carbonyl (C=O) groups is 2. The number of nitrogens with two attached hydrogens (primary N) is 1. The summed E-state index contributed by atoms with van der Waals surface area (Å²) < 4.78 is 23.8. The highest BCUT2D eigenvalue weighted by Gasteiger charge is 2.39. The molecule has 1 heterocycles. The van der Waals surface area contributed by atoms with Gasteiger partial charge in [0.05, 0.1) is 4.90 Å². The Morgan fingerprint density at radius 3 is 2.27 bits per heavy atom. The molecule has 0 bridgehead atoms. The average molecular weight is 470 g/mol. The average Bonchev–Trinajstić information content (AvgIpc) is 3.32. The smallest absolute Gasteiger partial charge is 0.238 e. The lowest BCUT2D eigenvalue weighted by Gasteiger charge is -2.31. The van der Waals surface area contributed by atoms with Gasteiger partial charge in [-0.3, -0.25) is 9.59 Å². The molecule has 8 heteroatoms. The molecule has 33 heavy (non-hydrogen) atoms. The summed E-state index contributed by atoms with van der Waals surface area (Å²) in [5.41, 5.74) is 2.18. The Kier molecular flexibility index (Phi) is 7.14. The number of sulfonamides is 1. The Hall–Kier alpha value is -2.71. The molecule has 2 amide bonds. The molecule has 1 unspecified atom stereocenters. The van der Waals surface area contributed by atoms with E-state index >= 15 is 0 Å². The van der Waals surface area contributed by atoms with Gasteiger partial charge in [-0.2, -0.15) is 0 Å². The first-order valence-electron chi connectivity index (χ1n) is 11.6. The van der Waals surface area contributed by atoms with Crippen molar-refractivity contribution in [2.45, 2.75) is 50.0 Å². The largest absolute Gasteiger partial charge is 0.352 e. The van der Waals surface area contributed by atoms with Crippen LogP contribution in [0.3, 0.4) is 0 Å². The van der Waals surface area contributed by atoms with Crippen molar-refractivity contribution >= 4 is 21.8 Å². The normalized spacial score (nSPS) is 21.1. The molecule has 7 nitrogen and oxygen atoms in total. The van der Waals surface area contributed by atoms with Crippen molar-refractivity contribution < 1.29 is 18.0 Å². The third kappa shape index (κ3) is 5.45. The zero-order valence-electron chi connectivity index (χ0n) is 18.7. The lowest BCUT2D eigenvalue weighted by atomic mass is 9.92. The topological polar surface area (TPSA) is 110 Å². The number of hydrogen-bond acceptors (Lipinski definition) is 4. The zero-order chi connectivity index (χ0) is 23.4. The van der Waals surface area contributed by atoms with Gasteiger partial charge in [0.1, 0.15) is 0 Å². The Labute approximate surface area is 195 Å². The maximum atomic E-state index is 13.0. The lowest BCUT2D eigenvalue weighted by Crippen LogP contribution is -2.43. The predicted molar refractivity (Wildman–Crippen MR) is 126 cm³/mol. The molecule has 2 aromatic rings. The van der Waals surface area contributed by atoms with Crippen molar-refractivity contribution in [3.63, 3.8) is 0 Å². The summed E-state index contributed by atoms with van der Waals surface area (Å²) >= 11 is 0. The first-order chi connectivity index (χ1) is 15.8. The Morgan fingerprint density at radius 2 is 1.58 bits per heavy atom. The molecular weight excluding hydrogens is 438 g/mol. The van der Waals surface area contributed by atoms with Gasteiger partial charge in [-0.25, -0.2) is 13.6 Å². The zero-order valence-corrected chi connectivity index (χ0v) is 19.5. The van der Waals surface area contributed by atoms with Gasteiger partial charge >= 0.3 is 0 Å². The molecule has 4 rings (SSSR count). The second-order valence-electron chi connectivity index (χ2n) is 8.99. The molecule has 2 atom stereocenters. The number of piperidine rings is 1. The van der Waals surface area contributed by atoms with Crippen molar-refractivity contribution in [1.29, 1.82) is 0 Å². The molecule has 1 saturated carbocycles. The third-order valence-electron chi connectivity index (χ3n) is 6.76. The van der Waals surface area contributed by atoms with Crippen LogP contribution >= 0.6 is 0 Å². The van der Waals surface area contributed by atoms with E-state index in [1.54, 1.807) is 18.2 Å². The van der Waals surface area contributed by atoms with Crippen LogP contribution in [0.5, 0.6) is 0 Å². The maximum absolute atomic E-state index is 13.0. The van der Waals surface area contributed by atoms with Crippen molar-refractivity contribution in [2.75, 3.05) is 13.1 Å². The first kappa shape index (κ1) is 23.4. The lowest BCUT2D eigenvalue weighted by molar-refractivity contribution is -0.141. The molecule has 2 aromatic carbocycles. The number of carbonyl (C=O) groups excluding carboxylic acids is 2. The summed E-state index contributed by atoms with van der Waals surface area (Å²) in [7, 11) is -3.83. The molecule has 0 aromatic heterocycles. The van der Waals surface area contributed by atoms with Gasteiger partial charge in [-0.05, 0) is 49.3 Å². The minimum atomic E-state index is -3.83. The Morgan fingerprint density at radius 1 is 0.909 bits per heavy atom. The molecule has 1 saturated heterocycles. The second-order valence-corrected chi connectivity index (χ2v) is 10.5. The van der Waals surface area contributed by atoms with Crippen LogP contribution in [0.1, 0.15) is 44.1 Å². The van der Waals surface area contributed by atoms with E-state index in [0.29, 0.717) is 12.1 Å². The van der Waals surface area contributed by atoms with Gasteiger partial charge in [0.15, 0.2) is 0 Å². The number of amides is 2. The Balaban J connectivity index is 1.38. The van der Waals surface area contributed by atoms with Crippen LogP contribution in [0.2, 0.25) is 0 Å². The molecule has 0 spiro atoms. The highest BCUT2D eigenvalue weighted by Crippen LogP contribution is 2.34. The summed E-state index contributed by atoms with van der Waals surface area (Å²) in [6.45, 7) is 1.98. The van der Waals surface area contributed by atoms with Crippen LogP contribution in [0.15, 0.2) is 53.4 Å². The fourth-order valence-electron chi connectivity index (χ4n) is 4.99. The summed E-state index contributed by atoms with van der Waals surface area (Å²) in [6.07, 6.45) is 5.70. The van der Waals surface area contributed by atoms with E-state index in [0.717, 1.165) is 56.3 Å². The quantitative estimate of drug-likeness (QED) is 0.678. The molecule has 1 aliphatic heterocycles. The van der Waals surface area contributed by atoms with Gasteiger partial charge in [-0.15, -0.1) is 0 Å². The van der Waals surface area contributed by atoms with Crippen LogP contribution in [0.4, 0.5) is 0 Å². The standard InChI is InChI=1S/C25H31N3O4S/c26-33(31,32)23-10-3-2-7-20(23)19-13-11-18(12-14-19)17-27-24(29)21-8-6-9-22(21)25(30)28-15-4-1-5-16-28/h2-3,7,10-14,21-22H,1,4-6,8-9,15-17H2,(H,27,29)(H2,26,31,32)/t21-,22?/m1/s1. The number of rotatable bonds is 6. The highest BCUT2D eigenvalue weighted by atomic mass is 32.2. The number of benzene rings is 2. The van der Waals surface area contributed by atoms with Crippen LogP contribution in [0.25, 0.3) is 11.1 Å². The van der Waals surface area contributed by atoms with Crippen molar-refractivity contribution in [1.82, 2.24) is 10.2 Å². The number of nitrogens with one attached hydrogen (secondary N) is 1. The van der Waals surface area contributed by atoms with E-state index in [2.05, 4.69) is 5.32 Å². The molecule has 0 radical (unpaired) electrons. The fourth-order valence-corrected chi connectivity index (χ4v) is 5.75. The molecule has 3 N–H and O–H groups in total. The van der Waals surface area contributed by atoms with Gasteiger partial charge < -0.3 is 10.2 Å². The summed E-state index contributed by atoms with van der Waals surface area (Å²) in [5, 5.41) is 8.34. The first-order valence-corrected chi connectivity index (χ1v) is 13.2. The fraction of sp³-hybridized carbons (Fsp3) is 0.440. The number of hydrogen-bond donors (Lipinski definition) is 2. The van der Waals surface area contributed by atoms with Crippen LogP contribution < -0.4 is 10.5 Å². The van der Waals surface area contributed by atoms with E-state index in [1.165, 1.54) is 12.5 Å². The second kappa shape index (κ2) is 10.1. The van der Waals surface area contributed by atoms with Crippen LogP contribution in [0, 0.1) is 11.8 Å². The van der Waals surface area contributed by atoms with E-state index in [1.807, 2.05) is 29.2 Å². The minimum absolute atomic E-state index is 0.0634. The summed E-state index contributed by atoms with van der Waals surface area (Å²) in [4.78, 5) is 27.9. The van der Waals surface area contributed by atoms with Gasteiger partial charge in [0, 0.05) is 37.0 Å². The molecular formula is C25H31N3O4S. The predicted octanol–water partition coefficient (Wildman–Crippen LogP) is 3.05. The van der Waals surface area contributed by atoms with Gasteiger partial charge in [0.2, 0.25) is 21.8 Å². The minimum Gasteiger partial charge on any atom is -0.352 e. The Bertz CT molecular complexity index is 1110. The van der Waals surface area contributed by atoms with Crippen LogP contribution in [-0.2, 0) is 26.2 Å². The number of likely N-dealkylation sites (tertiary alicyclic amines) is 1. The SMILES string of the molecule is NS(=O)(=O)c1ccccc1-c1ccc(CNC(=O)[C@@H]2CCCC2C(=O)N2CCCCC2)cc1. The van der Waals surface area contributed by atoms with Crippen molar-refractivity contribution in [3.8, 4) is 11.1 Å². The van der Waals surface area contributed by atoms with Gasteiger partial charge in [0.25, 0.3) is 0 Å². The highest BCUT2D eigenvalue weighted by molar-refractivity contribution is 7.89. The number of primary sulfonamides is 1. The van der Waals surface area contributed by atoms with E-state index < -0.39 is 10.0 Å². The van der Waals surface area contributed by atoms with E-state index in [9.17, 15) is 18.0 Å². The monoisotopic (exact) mass is 469 g/mol. The van der Waals surface area contributed by atoms with E-state index in [-0.39, 0.29) is 28.5 Å². The third-order valence-corrected chi connectivity index (χ3v) is 7.73. The molecule has 1 aliphatic carbocycles. The summed E-state index contributed by atoms with van der Waals surface area (Å²) in [5.74, 6) is -0.391. The maximum Gasteiger partial charge on any atom is 0.238 e. The van der Waals surface area contributed by atoms with Crippen molar-refractivity contribution in [2.24, 2.45) is 17.0 Å². The molecule has 2 fully saturated rings.